The molecule has 1 aromatic rings. The second-order valence-electron chi connectivity index (χ2n) is 3.63. The van der Waals surface area contributed by atoms with Gasteiger partial charge in [0.15, 0.2) is 0 Å². The van der Waals surface area contributed by atoms with Crippen molar-refractivity contribution in [1.82, 2.24) is 0 Å². The molecule has 0 radical (unpaired) electrons. The fourth-order valence-electron chi connectivity index (χ4n) is 1.86. The van der Waals surface area contributed by atoms with Crippen molar-refractivity contribution in [1.29, 1.82) is 0 Å². The van der Waals surface area contributed by atoms with Crippen molar-refractivity contribution in [3.8, 4) is 5.75 Å². The fraction of sp³-hybridized carbons (Fsp3) is 0.500. The summed E-state index contributed by atoms with van der Waals surface area (Å²) in [5, 5.41) is 0. The highest BCUT2D eigenvalue weighted by Gasteiger charge is 2.10. The van der Waals surface area contributed by atoms with Gasteiger partial charge in [-0.2, -0.15) is 0 Å². The Kier molecular flexibility index (Phi) is 2.53. The third-order valence-corrected chi connectivity index (χ3v) is 2.54. The van der Waals surface area contributed by atoms with Crippen LogP contribution < -0.4 is 4.74 Å². The van der Waals surface area contributed by atoms with Crippen molar-refractivity contribution in [3.05, 3.63) is 29.3 Å². The highest BCUT2D eigenvalue weighted by atomic mass is 16.5. The zero-order valence-electron chi connectivity index (χ0n) is 8.18. The average molecular weight is 176 g/mol. The highest BCUT2D eigenvalue weighted by Crippen LogP contribution is 2.25. The minimum Gasteiger partial charge on any atom is -0.494 e. The lowest BCUT2D eigenvalue weighted by Crippen LogP contribution is -1.95. The topological polar surface area (TPSA) is 9.23 Å². The van der Waals surface area contributed by atoms with Gasteiger partial charge in [0.1, 0.15) is 5.75 Å². The minimum atomic E-state index is 0.832. The molecule has 0 heterocycles. The van der Waals surface area contributed by atoms with Gasteiger partial charge in [-0.15, -0.1) is 0 Å². The molecule has 1 aromatic carbocycles. The van der Waals surface area contributed by atoms with E-state index >= 15 is 0 Å². The first-order valence-corrected chi connectivity index (χ1v) is 5.15. The third kappa shape index (κ3) is 1.85. The van der Waals surface area contributed by atoms with E-state index in [1.54, 1.807) is 0 Å². The first-order chi connectivity index (χ1) is 6.40. The molecule has 0 bridgehead atoms. The largest absolute Gasteiger partial charge is 0.494 e. The molecule has 70 valence electrons. The van der Waals surface area contributed by atoms with Gasteiger partial charge in [-0.05, 0) is 48.9 Å². The van der Waals surface area contributed by atoms with E-state index in [1.165, 1.54) is 30.4 Å². The van der Waals surface area contributed by atoms with Crippen LogP contribution in [0.25, 0.3) is 0 Å². The predicted molar refractivity (Wildman–Crippen MR) is 54.3 cm³/mol. The molecule has 0 saturated carbocycles. The van der Waals surface area contributed by atoms with Crippen molar-refractivity contribution in [2.45, 2.75) is 32.6 Å². The molecule has 1 aliphatic rings. The Hall–Kier alpha value is -0.980. The van der Waals surface area contributed by atoms with Crippen molar-refractivity contribution in [2.24, 2.45) is 0 Å². The molecular formula is C12H16O. The predicted octanol–water partition coefficient (Wildman–Crippen LogP) is 2.96. The number of ether oxygens (including phenoxy) is 1. The van der Waals surface area contributed by atoms with Crippen LogP contribution >= 0.6 is 0 Å². The molecule has 0 amide bonds. The van der Waals surface area contributed by atoms with E-state index in [2.05, 4.69) is 25.1 Å². The number of rotatable bonds is 3. The third-order valence-electron chi connectivity index (χ3n) is 2.54. The van der Waals surface area contributed by atoms with Gasteiger partial charge in [0, 0.05) is 0 Å². The summed E-state index contributed by atoms with van der Waals surface area (Å²) in [5.41, 5.74) is 3.01. The second kappa shape index (κ2) is 3.82. The van der Waals surface area contributed by atoms with Gasteiger partial charge in [-0.25, -0.2) is 0 Å². The van der Waals surface area contributed by atoms with Crippen LogP contribution in [0.2, 0.25) is 0 Å². The summed E-state index contributed by atoms with van der Waals surface area (Å²) in [6, 6.07) is 6.52. The quantitative estimate of drug-likeness (QED) is 0.688. The Bertz CT molecular complexity index is 291. The molecule has 0 fully saturated rings. The normalized spacial score (nSPS) is 14.2. The lowest BCUT2D eigenvalue weighted by molar-refractivity contribution is 0.317. The molecule has 0 N–H and O–H groups in total. The van der Waals surface area contributed by atoms with Crippen LogP contribution in [0.15, 0.2) is 18.2 Å². The molecule has 0 spiro atoms. The van der Waals surface area contributed by atoms with E-state index in [1.807, 2.05) is 0 Å². The fourth-order valence-corrected chi connectivity index (χ4v) is 1.86. The highest BCUT2D eigenvalue weighted by molar-refractivity contribution is 5.38. The van der Waals surface area contributed by atoms with Crippen molar-refractivity contribution in [2.75, 3.05) is 6.61 Å². The van der Waals surface area contributed by atoms with E-state index in [-0.39, 0.29) is 0 Å². The van der Waals surface area contributed by atoms with Gasteiger partial charge in [-0.3, -0.25) is 0 Å². The van der Waals surface area contributed by atoms with Crippen LogP contribution in [0.4, 0.5) is 0 Å². The van der Waals surface area contributed by atoms with Crippen molar-refractivity contribution >= 4 is 0 Å². The standard InChI is InChI=1S/C12H16O/c1-2-8-13-12-7-6-10-4-3-5-11(10)9-12/h6-7,9H,2-5,8H2,1H3. The monoisotopic (exact) mass is 176 g/mol. The van der Waals surface area contributed by atoms with E-state index in [0.717, 1.165) is 18.8 Å². The molecule has 1 heteroatoms. The Labute approximate surface area is 79.7 Å². The van der Waals surface area contributed by atoms with E-state index in [0.29, 0.717) is 0 Å². The smallest absolute Gasteiger partial charge is 0.119 e. The molecule has 0 saturated heterocycles. The maximum atomic E-state index is 5.58. The number of fused-ring (bicyclic) bond motifs is 1. The Morgan fingerprint density at radius 3 is 2.92 bits per heavy atom. The zero-order valence-corrected chi connectivity index (χ0v) is 8.18. The molecule has 0 unspecified atom stereocenters. The van der Waals surface area contributed by atoms with Gasteiger partial charge >= 0.3 is 0 Å². The summed E-state index contributed by atoms with van der Waals surface area (Å²) >= 11 is 0. The maximum Gasteiger partial charge on any atom is 0.119 e. The van der Waals surface area contributed by atoms with Gasteiger partial charge in [-0.1, -0.05) is 13.0 Å². The number of benzene rings is 1. The van der Waals surface area contributed by atoms with Crippen molar-refractivity contribution in [3.63, 3.8) is 0 Å². The summed E-state index contributed by atoms with van der Waals surface area (Å²) in [6.45, 7) is 2.96. The summed E-state index contributed by atoms with van der Waals surface area (Å²) in [7, 11) is 0. The van der Waals surface area contributed by atoms with Crippen LogP contribution in [-0.4, -0.2) is 6.61 Å². The minimum absolute atomic E-state index is 0.832. The van der Waals surface area contributed by atoms with E-state index in [9.17, 15) is 0 Å². The summed E-state index contributed by atoms with van der Waals surface area (Å²) in [4.78, 5) is 0. The molecule has 13 heavy (non-hydrogen) atoms. The molecule has 1 nitrogen and oxygen atoms in total. The van der Waals surface area contributed by atoms with Gasteiger partial charge < -0.3 is 4.74 Å². The Morgan fingerprint density at radius 2 is 2.08 bits per heavy atom. The molecule has 1 aliphatic carbocycles. The summed E-state index contributed by atoms with van der Waals surface area (Å²) < 4.78 is 5.58. The van der Waals surface area contributed by atoms with Crippen LogP contribution in [0.3, 0.4) is 0 Å². The lowest BCUT2D eigenvalue weighted by Gasteiger charge is -2.06. The van der Waals surface area contributed by atoms with Crippen LogP contribution in [0, 0.1) is 0 Å². The zero-order chi connectivity index (χ0) is 9.10. The Morgan fingerprint density at radius 1 is 1.23 bits per heavy atom. The average Bonchev–Trinajstić information content (AvgIpc) is 2.61. The summed E-state index contributed by atoms with van der Waals surface area (Å²) in [6.07, 6.45) is 4.88. The molecule has 2 rings (SSSR count). The first-order valence-electron chi connectivity index (χ1n) is 5.15. The molecule has 0 aliphatic heterocycles. The van der Waals surface area contributed by atoms with Crippen LogP contribution in [0.5, 0.6) is 5.75 Å². The SMILES string of the molecule is CCCOc1ccc2c(c1)CCC2. The van der Waals surface area contributed by atoms with Crippen molar-refractivity contribution < 1.29 is 4.74 Å². The number of hydrogen-bond acceptors (Lipinski definition) is 1. The number of aryl methyl sites for hydroxylation is 2. The maximum absolute atomic E-state index is 5.58. The van der Waals surface area contributed by atoms with E-state index < -0.39 is 0 Å². The Balaban J connectivity index is 2.12. The van der Waals surface area contributed by atoms with E-state index in [4.69, 9.17) is 4.74 Å². The molecule has 0 atom stereocenters. The van der Waals surface area contributed by atoms with Crippen LogP contribution in [-0.2, 0) is 12.8 Å². The van der Waals surface area contributed by atoms with Gasteiger partial charge in [0.25, 0.3) is 0 Å². The molecule has 0 aromatic heterocycles. The summed E-state index contributed by atoms with van der Waals surface area (Å²) in [5.74, 6) is 1.04. The second-order valence-corrected chi connectivity index (χ2v) is 3.63. The lowest BCUT2D eigenvalue weighted by atomic mass is 10.1. The molecular weight excluding hydrogens is 160 g/mol. The van der Waals surface area contributed by atoms with Gasteiger partial charge in [0.05, 0.1) is 6.61 Å². The first kappa shape index (κ1) is 8.61. The van der Waals surface area contributed by atoms with Gasteiger partial charge in [0.2, 0.25) is 0 Å². The van der Waals surface area contributed by atoms with Crippen LogP contribution in [0.1, 0.15) is 30.9 Å². The number of hydrogen-bond donors (Lipinski definition) is 0.